The van der Waals surface area contributed by atoms with E-state index in [9.17, 15) is 9.18 Å². The Bertz CT molecular complexity index is 906. The first-order valence-corrected chi connectivity index (χ1v) is 12.4. The highest BCUT2D eigenvalue weighted by Crippen LogP contribution is 2.25. The van der Waals surface area contributed by atoms with Crippen LogP contribution in [0.25, 0.3) is 11.5 Å². The van der Waals surface area contributed by atoms with Crippen LogP contribution >= 0.6 is 0 Å². The first kappa shape index (κ1) is 23.9. The molecule has 4 rings (SSSR count). The molecule has 0 saturated carbocycles. The fraction of sp³-hybridized carbons (Fsp3) is 0.615. The molecule has 0 radical (unpaired) electrons. The maximum Gasteiger partial charge on any atom is 0.226 e. The number of oxazole rings is 1. The van der Waals surface area contributed by atoms with Gasteiger partial charge in [0.25, 0.3) is 0 Å². The summed E-state index contributed by atoms with van der Waals surface area (Å²) in [6.45, 7) is 11.0. The van der Waals surface area contributed by atoms with Crippen molar-refractivity contribution in [2.24, 2.45) is 11.8 Å². The molecule has 2 aliphatic heterocycles. The highest BCUT2D eigenvalue weighted by Gasteiger charge is 2.26. The minimum atomic E-state index is -0.272. The van der Waals surface area contributed by atoms with Crippen molar-refractivity contribution in [3.8, 4) is 11.5 Å². The van der Waals surface area contributed by atoms with Gasteiger partial charge in [0.05, 0.1) is 5.69 Å². The van der Waals surface area contributed by atoms with Crippen molar-refractivity contribution in [3.05, 3.63) is 41.5 Å². The smallest absolute Gasteiger partial charge is 0.226 e. The number of carbonyl (C=O) groups excluding carboxylic acids is 1. The number of halogens is 1. The van der Waals surface area contributed by atoms with Crippen molar-refractivity contribution < 1.29 is 13.6 Å². The molecule has 0 bridgehead atoms. The summed E-state index contributed by atoms with van der Waals surface area (Å²) in [6, 6.07) is 6.19. The lowest BCUT2D eigenvalue weighted by molar-refractivity contribution is -0.126. The van der Waals surface area contributed by atoms with E-state index in [-0.39, 0.29) is 17.6 Å². The molecule has 3 heterocycles. The topological polar surface area (TPSA) is 61.6 Å². The van der Waals surface area contributed by atoms with Crippen LogP contribution in [-0.4, -0.2) is 60.0 Å². The van der Waals surface area contributed by atoms with Crippen molar-refractivity contribution in [3.63, 3.8) is 0 Å². The molecule has 180 valence electrons. The fourth-order valence-corrected chi connectivity index (χ4v) is 5.00. The van der Waals surface area contributed by atoms with Gasteiger partial charge in [0, 0.05) is 31.1 Å². The zero-order valence-electron chi connectivity index (χ0n) is 20.0. The third-order valence-corrected chi connectivity index (χ3v) is 7.01. The van der Waals surface area contributed by atoms with Crippen molar-refractivity contribution in [2.75, 3.05) is 39.3 Å². The van der Waals surface area contributed by atoms with Gasteiger partial charge in [-0.05, 0) is 95.4 Å². The van der Waals surface area contributed by atoms with Crippen LogP contribution in [0.5, 0.6) is 0 Å². The molecule has 1 aromatic heterocycles. The number of carbonyl (C=O) groups is 1. The number of likely N-dealkylation sites (tertiary alicyclic amines) is 2. The van der Waals surface area contributed by atoms with Gasteiger partial charge in [-0.2, -0.15) is 0 Å². The van der Waals surface area contributed by atoms with Crippen LogP contribution in [0.1, 0.15) is 50.5 Å². The molecule has 2 saturated heterocycles. The lowest BCUT2D eigenvalue weighted by atomic mass is 9.95. The molecule has 1 aromatic carbocycles. The van der Waals surface area contributed by atoms with Gasteiger partial charge in [-0.1, -0.05) is 6.92 Å². The molecule has 2 fully saturated rings. The highest BCUT2D eigenvalue weighted by molar-refractivity contribution is 5.78. The Hall–Kier alpha value is -2.25. The molecular formula is C26H37FN4O2. The predicted octanol–water partition coefficient (Wildman–Crippen LogP) is 4.24. The van der Waals surface area contributed by atoms with Crippen LogP contribution in [0, 0.1) is 24.6 Å². The average Bonchev–Trinajstić information content (AvgIpc) is 3.17. The standard InChI is InChI=1S/C26H37FN4O2/c1-19-5-3-13-30(17-19)14-4-12-28-25(32)21-10-15-31(16-11-21)18-24-20(2)33-26(29-24)22-6-8-23(27)9-7-22/h6-9,19,21H,3-5,10-18H2,1-2H3,(H,28,32). The molecule has 0 aliphatic carbocycles. The first-order chi connectivity index (χ1) is 16.0. The Morgan fingerprint density at radius 3 is 2.64 bits per heavy atom. The van der Waals surface area contributed by atoms with E-state index in [1.807, 2.05) is 6.92 Å². The number of aromatic nitrogens is 1. The second-order valence-electron chi connectivity index (χ2n) is 9.77. The summed E-state index contributed by atoms with van der Waals surface area (Å²) < 4.78 is 19.0. The SMILES string of the molecule is Cc1oc(-c2ccc(F)cc2)nc1CN1CCC(C(=O)NCCCN2CCCC(C)C2)CC1. The van der Waals surface area contributed by atoms with E-state index in [2.05, 4.69) is 27.0 Å². The first-order valence-electron chi connectivity index (χ1n) is 12.4. The number of aryl methyl sites for hydroxylation is 1. The molecule has 1 unspecified atom stereocenters. The van der Waals surface area contributed by atoms with Crippen molar-refractivity contribution in [1.82, 2.24) is 20.1 Å². The van der Waals surface area contributed by atoms with Gasteiger partial charge < -0.3 is 14.6 Å². The largest absolute Gasteiger partial charge is 0.441 e. The summed E-state index contributed by atoms with van der Waals surface area (Å²) in [5.41, 5.74) is 1.68. The van der Waals surface area contributed by atoms with E-state index in [1.165, 1.54) is 38.1 Å². The minimum absolute atomic E-state index is 0.101. The van der Waals surface area contributed by atoms with E-state index < -0.39 is 0 Å². The van der Waals surface area contributed by atoms with Gasteiger partial charge in [-0.25, -0.2) is 9.37 Å². The Labute approximate surface area is 196 Å². The number of rotatable bonds is 8. The highest BCUT2D eigenvalue weighted by atomic mass is 19.1. The quantitative estimate of drug-likeness (QED) is 0.602. The summed E-state index contributed by atoms with van der Waals surface area (Å²) >= 11 is 0. The van der Waals surface area contributed by atoms with E-state index in [4.69, 9.17) is 4.42 Å². The third-order valence-electron chi connectivity index (χ3n) is 7.01. The zero-order valence-corrected chi connectivity index (χ0v) is 20.0. The summed E-state index contributed by atoms with van der Waals surface area (Å²) in [5, 5.41) is 3.16. The average molecular weight is 457 g/mol. The van der Waals surface area contributed by atoms with Crippen molar-refractivity contribution in [2.45, 2.75) is 52.5 Å². The minimum Gasteiger partial charge on any atom is -0.441 e. The third kappa shape index (κ3) is 6.64. The van der Waals surface area contributed by atoms with Crippen LogP contribution in [0.15, 0.2) is 28.7 Å². The molecule has 2 aliphatic rings. The van der Waals surface area contributed by atoms with Crippen molar-refractivity contribution >= 4 is 5.91 Å². The number of hydrogen-bond donors (Lipinski definition) is 1. The normalized spacial score (nSPS) is 20.8. The number of benzene rings is 1. The van der Waals surface area contributed by atoms with E-state index in [1.54, 1.807) is 12.1 Å². The summed E-state index contributed by atoms with van der Waals surface area (Å²) in [5.74, 6) is 2.15. The molecule has 1 atom stereocenters. The second-order valence-corrected chi connectivity index (χ2v) is 9.77. The number of amides is 1. The molecule has 7 heteroatoms. The number of nitrogens with one attached hydrogen (secondary N) is 1. The zero-order chi connectivity index (χ0) is 23.2. The van der Waals surface area contributed by atoms with Gasteiger partial charge in [0.1, 0.15) is 11.6 Å². The van der Waals surface area contributed by atoms with Gasteiger partial charge in [0.2, 0.25) is 11.8 Å². The monoisotopic (exact) mass is 456 g/mol. The van der Waals surface area contributed by atoms with E-state index >= 15 is 0 Å². The summed E-state index contributed by atoms with van der Waals surface area (Å²) in [7, 11) is 0. The van der Waals surface area contributed by atoms with Crippen molar-refractivity contribution in [1.29, 1.82) is 0 Å². The van der Waals surface area contributed by atoms with Crippen LogP contribution in [0.3, 0.4) is 0 Å². The van der Waals surface area contributed by atoms with E-state index in [0.717, 1.165) is 68.4 Å². The molecule has 33 heavy (non-hydrogen) atoms. The molecule has 2 aromatic rings. The van der Waals surface area contributed by atoms with E-state index in [0.29, 0.717) is 12.4 Å². The Morgan fingerprint density at radius 1 is 1.15 bits per heavy atom. The predicted molar refractivity (Wildman–Crippen MR) is 127 cm³/mol. The number of nitrogens with zero attached hydrogens (tertiary/aromatic N) is 3. The van der Waals surface area contributed by atoms with Gasteiger partial charge >= 0.3 is 0 Å². The molecule has 1 N–H and O–H groups in total. The maximum atomic E-state index is 13.2. The van der Waals surface area contributed by atoms with Crippen LogP contribution < -0.4 is 5.32 Å². The van der Waals surface area contributed by atoms with Crippen LogP contribution in [-0.2, 0) is 11.3 Å². The number of hydrogen-bond acceptors (Lipinski definition) is 5. The molecular weight excluding hydrogens is 419 g/mol. The lowest BCUT2D eigenvalue weighted by Gasteiger charge is -2.31. The van der Waals surface area contributed by atoms with Crippen LogP contribution in [0.2, 0.25) is 0 Å². The Kier molecular flexibility index (Phi) is 8.15. The van der Waals surface area contributed by atoms with Gasteiger partial charge in [-0.3, -0.25) is 9.69 Å². The molecule has 6 nitrogen and oxygen atoms in total. The second kappa shape index (κ2) is 11.3. The van der Waals surface area contributed by atoms with Crippen LogP contribution in [0.4, 0.5) is 4.39 Å². The maximum absolute atomic E-state index is 13.2. The Balaban J connectivity index is 1.17. The Morgan fingerprint density at radius 2 is 1.91 bits per heavy atom. The van der Waals surface area contributed by atoms with Gasteiger partial charge in [0.15, 0.2) is 0 Å². The summed E-state index contributed by atoms with van der Waals surface area (Å²) in [4.78, 5) is 22.1. The fourth-order valence-electron chi connectivity index (χ4n) is 5.00. The molecule has 0 spiro atoms. The lowest BCUT2D eigenvalue weighted by Crippen LogP contribution is -2.41. The number of piperidine rings is 2. The summed E-state index contributed by atoms with van der Waals surface area (Å²) in [6.07, 6.45) is 5.42. The molecule has 1 amide bonds. The van der Waals surface area contributed by atoms with Gasteiger partial charge in [-0.15, -0.1) is 0 Å².